The predicted molar refractivity (Wildman–Crippen MR) is 94.1 cm³/mol. The molecule has 0 aliphatic carbocycles. The molecule has 1 aliphatic rings. The quantitative estimate of drug-likeness (QED) is 0.639. The SMILES string of the molecule is COCCN1CCN(C(=O)Cn2ncn3c(cc4occc43)c2=O)CC1. The molecule has 9 heteroatoms. The third kappa shape index (κ3) is 2.99. The van der Waals surface area contributed by atoms with Gasteiger partial charge in [-0.05, 0) is 0 Å². The van der Waals surface area contributed by atoms with Gasteiger partial charge in [0.05, 0.1) is 18.4 Å². The van der Waals surface area contributed by atoms with Crippen LogP contribution in [0.1, 0.15) is 0 Å². The van der Waals surface area contributed by atoms with Gasteiger partial charge in [-0.1, -0.05) is 0 Å². The molecule has 1 saturated heterocycles. The zero-order valence-electron chi connectivity index (χ0n) is 14.6. The van der Waals surface area contributed by atoms with E-state index in [1.807, 2.05) is 0 Å². The molecule has 0 spiro atoms. The first-order chi connectivity index (χ1) is 12.7. The number of ether oxygens (including phenoxy) is 1. The van der Waals surface area contributed by atoms with Crippen LogP contribution in [0.4, 0.5) is 0 Å². The molecule has 1 aliphatic heterocycles. The molecule has 0 unspecified atom stereocenters. The summed E-state index contributed by atoms with van der Waals surface area (Å²) >= 11 is 0. The van der Waals surface area contributed by atoms with Gasteiger partial charge in [0.15, 0.2) is 5.58 Å². The number of hydrogen-bond donors (Lipinski definition) is 0. The van der Waals surface area contributed by atoms with E-state index in [1.54, 1.807) is 41.1 Å². The van der Waals surface area contributed by atoms with Crippen molar-refractivity contribution in [2.75, 3.05) is 46.4 Å². The van der Waals surface area contributed by atoms with E-state index in [0.717, 1.165) is 25.2 Å². The van der Waals surface area contributed by atoms with Crippen LogP contribution in [0.5, 0.6) is 0 Å². The minimum atomic E-state index is -0.300. The van der Waals surface area contributed by atoms with Gasteiger partial charge < -0.3 is 14.1 Å². The van der Waals surface area contributed by atoms with Crippen molar-refractivity contribution in [2.24, 2.45) is 0 Å². The Morgan fingerprint density at radius 1 is 1.27 bits per heavy atom. The van der Waals surface area contributed by atoms with E-state index in [-0.39, 0.29) is 18.0 Å². The molecule has 4 rings (SSSR count). The van der Waals surface area contributed by atoms with Gasteiger partial charge in [-0.3, -0.25) is 18.9 Å². The number of carbonyl (C=O) groups is 1. The Morgan fingerprint density at radius 2 is 2.08 bits per heavy atom. The van der Waals surface area contributed by atoms with Crippen LogP contribution in [0.25, 0.3) is 16.6 Å². The minimum Gasteiger partial charge on any atom is -0.463 e. The first kappa shape index (κ1) is 16.8. The van der Waals surface area contributed by atoms with E-state index >= 15 is 0 Å². The van der Waals surface area contributed by atoms with Crippen molar-refractivity contribution >= 4 is 22.5 Å². The zero-order chi connectivity index (χ0) is 18.1. The Balaban J connectivity index is 1.46. The standard InChI is InChI=1S/C17H21N5O4/c1-25-9-7-19-3-5-20(6-4-19)16(23)11-22-17(24)14-10-15-13(2-8-26-15)21(14)12-18-22/h2,8,10,12H,3-7,9,11H2,1H3. The van der Waals surface area contributed by atoms with Crippen molar-refractivity contribution in [2.45, 2.75) is 6.54 Å². The summed E-state index contributed by atoms with van der Waals surface area (Å²) in [6.45, 7) is 4.42. The second kappa shape index (κ2) is 6.93. The Morgan fingerprint density at radius 3 is 2.85 bits per heavy atom. The maximum Gasteiger partial charge on any atom is 0.291 e. The van der Waals surface area contributed by atoms with Crippen molar-refractivity contribution in [1.82, 2.24) is 24.0 Å². The Hall–Kier alpha value is -2.65. The van der Waals surface area contributed by atoms with Crippen LogP contribution >= 0.6 is 0 Å². The van der Waals surface area contributed by atoms with E-state index in [0.29, 0.717) is 30.8 Å². The minimum absolute atomic E-state index is 0.0556. The summed E-state index contributed by atoms with van der Waals surface area (Å²) in [7, 11) is 1.68. The lowest BCUT2D eigenvalue weighted by molar-refractivity contribution is -0.133. The number of hydrogen-bond acceptors (Lipinski definition) is 6. The number of carbonyl (C=O) groups excluding carboxylic acids is 1. The summed E-state index contributed by atoms with van der Waals surface area (Å²) in [5.74, 6) is -0.0921. The Bertz CT molecular complexity index is 980. The number of fused-ring (bicyclic) bond motifs is 3. The monoisotopic (exact) mass is 359 g/mol. The number of nitrogens with zero attached hydrogens (tertiary/aromatic N) is 5. The number of piperazine rings is 1. The van der Waals surface area contributed by atoms with Crippen LogP contribution in [-0.2, 0) is 16.1 Å². The van der Waals surface area contributed by atoms with Crippen LogP contribution in [0.15, 0.2) is 33.9 Å². The summed E-state index contributed by atoms with van der Waals surface area (Å²) < 4.78 is 13.3. The van der Waals surface area contributed by atoms with Crippen molar-refractivity contribution in [3.8, 4) is 0 Å². The lowest BCUT2D eigenvalue weighted by atomic mass is 10.3. The molecule has 9 nitrogen and oxygen atoms in total. The second-order valence-corrected chi connectivity index (χ2v) is 6.38. The highest BCUT2D eigenvalue weighted by molar-refractivity contribution is 5.82. The summed E-state index contributed by atoms with van der Waals surface area (Å²) in [5.41, 5.74) is 1.56. The molecule has 1 fully saturated rings. The van der Waals surface area contributed by atoms with Crippen LogP contribution < -0.4 is 5.56 Å². The smallest absolute Gasteiger partial charge is 0.291 e. The van der Waals surface area contributed by atoms with Gasteiger partial charge in [-0.2, -0.15) is 5.10 Å². The zero-order valence-corrected chi connectivity index (χ0v) is 14.6. The molecular formula is C17H21N5O4. The van der Waals surface area contributed by atoms with Crippen LogP contribution in [-0.4, -0.2) is 76.3 Å². The third-order valence-corrected chi connectivity index (χ3v) is 4.84. The first-order valence-corrected chi connectivity index (χ1v) is 8.61. The summed E-state index contributed by atoms with van der Waals surface area (Å²) in [6, 6.07) is 3.46. The number of amides is 1. The van der Waals surface area contributed by atoms with Gasteiger partial charge in [0.1, 0.15) is 18.4 Å². The van der Waals surface area contributed by atoms with Gasteiger partial charge >= 0.3 is 0 Å². The molecule has 0 aromatic carbocycles. The average Bonchev–Trinajstić information content (AvgIpc) is 3.24. The largest absolute Gasteiger partial charge is 0.463 e. The molecule has 0 atom stereocenters. The molecule has 26 heavy (non-hydrogen) atoms. The third-order valence-electron chi connectivity index (χ3n) is 4.84. The van der Waals surface area contributed by atoms with E-state index in [1.165, 1.54) is 4.68 Å². The second-order valence-electron chi connectivity index (χ2n) is 6.38. The topological polar surface area (TPSA) is 85.2 Å². The molecular weight excluding hydrogens is 338 g/mol. The lowest BCUT2D eigenvalue weighted by Crippen LogP contribution is -2.50. The molecule has 0 radical (unpaired) electrons. The van der Waals surface area contributed by atoms with Crippen molar-refractivity contribution in [3.63, 3.8) is 0 Å². The van der Waals surface area contributed by atoms with E-state index < -0.39 is 0 Å². The molecule has 3 aromatic rings. The molecule has 138 valence electrons. The first-order valence-electron chi connectivity index (χ1n) is 8.61. The van der Waals surface area contributed by atoms with Gasteiger partial charge in [-0.15, -0.1) is 0 Å². The van der Waals surface area contributed by atoms with Crippen LogP contribution in [0, 0.1) is 0 Å². The van der Waals surface area contributed by atoms with Crippen molar-refractivity contribution in [3.05, 3.63) is 35.1 Å². The highest BCUT2D eigenvalue weighted by Gasteiger charge is 2.22. The normalized spacial score (nSPS) is 16.0. The van der Waals surface area contributed by atoms with Crippen molar-refractivity contribution < 1.29 is 13.9 Å². The number of rotatable bonds is 5. The number of furan rings is 1. The van der Waals surface area contributed by atoms with Crippen LogP contribution in [0.3, 0.4) is 0 Å². The van der Waals surface area contributed by atoms with Gasteiger partial charge in [0.2, 0.25) is 5.91 Å². The number of aromatic nitrogens is 3. The van der Waals surface area contributed by atoms with Crippen molar-refractivity contribution in [1.29, 1.82) is 0 Å². The maximum atomic E-state index is 12.6. The highest BCUT2D eigenvalue weighted by atomic mass is 16.5. The fraction of sp³-hybridized carbons (Fsp3) is 0.471. The molecule has 0 N–H and O–H groups in total. The average molecular weight is 359 g/mol. The van der Waals surface area contributed by atoms with E-state index in [2.05, 4.69) is 10.00 Å². The summed E-state index contributed by atoms with van der Waals surface area (Å²) in [6.07, 6.45) is 3.11. The van der Waals surface area contributed by atoms with Gasteiger partial charge in [0, 0.05) is 52.0 Å². The van der Waals surface area contributed by atoms with Crippen LogP contribution in [0.2, 0.25) is 0 Å². The highest BCUT2D eigenvalue weighted by Crippen LogP contribution is 2.18. The molecule has 1 amide bonds. The lowest BCUT2D eigenvalue weighted by Gasteiger charge is -2.34. The molecule has 3 aromatic heterocycles. The fourth-order valence-corrected chi connectivity index (χ4v) is 3.31. The Kier molecular flexibility index (Phi) is 4.48. The number of methoxy groups -OCH3 is 1. The summed E-state index contributed by atoms with van der Waals surface area (Å²) in [4.78, 5) is 29.2. The van der Waals surface area contributed by atoms with Gasteiger partial charge in [-0.25, -0.2) is 4.68 Å². The van der Waals surface area contributed by atoms with E-state index in [4.69, 9.17) is 9.15 Å². The Labute approximate surface area is 149 Å². The summed E-state index contributed by atoms with van der Waals surface area (Å²) in [5, 5.41) is 4.15. The fourth-order valence-electron chi connectivity index (χ4n) is 3.31. The molecule has 0 bridgehead atoms. The van der Waals surface area contributed by atoms with E-state index in [9.17, 15) is 9.59 Å². The predicted octanol–water partition coefficient (Wildman–Crippen LogP) is 0.0328. The van der Waals surface area contributed by atoms with Gasteiger partial charge in [0.25, 0.3) is 5.56 Å². The molecule has 0 saturated carbocycles. The molecule has 4 heterocycles. The maximum absolute atomic E-state index is 12.6.